The zero-order valence-electron chi connectivity index (χ0n) is 45.6. The molecule has 73 heavy (non-hydrogen) atoms. The molecule has 1 unspecified atom stereocenters. The van der Waals surface area contributed by atoms with Gasteiger partial charge >= 0.3 is 12.1 Å². The number of methoxy groups -OCH3 is 2. The number of carbonyl (C=O) groups excluding carboxylic acids is 4. The third-order valence-electron chi connectivity index (χ3n) is 15.6. The lowest BCUT2D eigenvalue weighted by Gasteiger charge is -2.50. The highest BCUT2D eigenvalue weighted by atomic mass is 35.5. The number of halogens is 1. The van der Waals surface area contributed by atoms with Gasteiger partial charge in [-0.15, -0.1) is 0 Å². The van der Waals surface area contributed by atoms with Crippen molar-refractivity contribution in [2.24, 2.45) is 23.7 Å². The fourth-order valence-corrected chi connectivity index (χ4v) is 11.1. The number of rotatable bonds is 18. The normalized spacial score (nSPS) is 38.5. The predicted molar refractivity (Wildman–Crippen MR) is 271 cm³/mol. The summed E-state index contributed by atoms with van der Waals surface area (Å²) in [5.41, 5.74) is -3.68. The third kappa shape index (κ3) is 16.0. The molecular weight excluding hydrogens is 970 g/mol. The van der Waals surface area contributed by atoms with Crippen LogP contribution in [0.15, 0.2) is 24.3 Å². The molecule has 19 atom stereocenters. The molecule has 19 nitrogen and oxygen atoms in total. The maximum absolute atomic E-state index is 14.5. The number of nitrogens with zero attached hydrogens (tertiary/aromatic N) is 1. The zero-order chi connectivity index (χ0) is 54.7. The van der Waals surface area contributed by atoms with Crippen LogP contribution in [0.3, 0.4) is 0 Å². The minimum Gasteiger partial charge on any atom is -0.459 e. The van der Waals surface area contributed by atoms with Crippen LogP contribution >= 0.6 is 11.6 Å². The molecule has 3 saturated heterocycles. The molecule has 4 rings (SSSR count). The van der Waals surface area contributed by atoms with Crippen LogP contribution in [0.5, 0.6) is 0 Å². The number of nitrogens with one attached hydrogen (secondary N) is 2. The quantitative estimate of drug-likeness (QED) is 0.0638. The highest BCUT2D eigenvalue weighted by Gasteiger charge is 2.55. The Hall–Kier alpha value is -3.05. The number of ketones is 1. The number of carbonyl (C=O) groups is 4. The van der Waals surface area contributed by atoms with E-state index in [1.54, 1.807) is 54.5 Å². The first-order valence-electron chi connectivity index (χ1n) is 26.0. The molecule has 1 aromatic rings. The number of unbranched alkanes of at least 4 members (excludes halogenated alkanes) is 1. The lowest BCUT2D eigenvalue weighted by Crippen LogP contribution is -2.62. The second kappa shape index (κ2) is 27.3. The summed E-state index contributed by atoms with van der Waals surface area (Å²) in [6, 6.07) is 7.10. The van der Waals surface area contributed by atoms with Crippen molar-refractivity contribution in [2.45, 2.75) is 218 Å². The van der Waals surface area contributed by atoms with Crippen LogP contribution in [-0.2, 0) is 58.7 Å². The molecule has 3 fully saturated rings. The van der Waals surface area contributed by atoms with Gasteiger partial charge in [-0.3, -0.25) is 19.7 Å². The molecule has 3 heterocycles. The molecule has 0 aliphatic carbocycles. The minimum atomic E-state index is -2.04. The van der Waals surface area contributed by atoms with Gasteiger partial charge in [-0.25, -0.2) is 4.79 Å². The topological polar surface area (TPSA) is 250 Å². The maximum atomic E-state index is 14.5. The van der Waals surface area contributed by atoms with E-state index in [0.29, 0.717) is 37.3 Å². The number of aliphatic hydroxyl groups excluding tert-OH is 3. The molecule has 0 radical (unpaired) electrons. The lowest BCUT2D eigenvalue weighted by atomic mass is 9.74. The van der Waals surface area contributed by atoms with Crippen molar-refractivity contribution < 1.29 is 77.5 Å². The number of hydrogen-bond acceptors (Lipinski definition) is 17. The van der Waals surface area contributed by atoms with Crippen molar-refractivity contribution in [1.29, 1.82) is 0 Å². The number of esters is 1. The highest BCUT2D eigenvalue weighted by Crippen LogP contribution is 2.42. The number of likely N-dealkylation sites (N-methyl/N-ethyl adjacent to an activating group) is 1. The van der Waals surface area contributed by atoms with Crippen molar-refractivity contribution in [2.75, 3.05) is 34.9 Å². The number of ether oxygens (including phenoxy) is 8. The van der Waals surface area contributed by atoms with Gasteiger partial charge in [0.2, 0.25) is 5.91 Å². The van der Waals surface area contributed by atoms with E-state index in [4.69, 9.17) is 49.5 Å². The fourth-order valence-electron chi connectivity index (χ4n) is 10.9. The van der Waals surface area contributed by atoms with E-state index in [0.717, 1.165) is 5.56 Å². The Labute approximate surface area is 437 Å². The summed E-state index contributed by atoms with van der Waals surface area (Å²) in [5, 5.41) is 51.9. The SMILES string of the molecule is CC[C@H]1OC(=O)[C@H](C)[C@@H](O[C@H]2C[C@@](C)(OC)[C@@H](OC(=O)NC(O)CCCCC(=O)NCCc3ccccc3Cl)[C@H](C)O2)[C@H](C)[C@@H](O[C@@H]2O[C@H](C)C[C@H](N(C)C)[C@H]2O)[C@@](C)(OC)C[C@@H](C)C(=O)[C@H](C)[C@@H](O)[C@]1(C)O. The summed E-state index contributed by atoms with van der Waals surface area (Å²) < 4.78 is 50.8. The van der Waals surface area contributed by atoms with Gasteiger partial charge < -0.3 is 68.5 Å². The Morgan fingerprint density at radius 1 is 0.918 bits per heavy atom. The highest BCUT2D eigenvalue weighted by molar-refractivity contribution is 6.31. The van der Waals surface area contributed by atoms with Crippen LogP contribution in [0, 0.1) is 23.7 Å². The smallest absolute Gasteiger partial charge is 0.409 e. The van der Waals surface area contributed by atoms with Crippen LogP contribution in [0.4, 0.5) is 4.79 Å². The monoisotopic (exact) mass is 1060 g/mol. The van der Waals surface area contributed by atoms with E-state index in [2.05, 4.69) is 10.6 Å². The molecule has 0 saturated carbocycles. The van der Waals surface area contributed by atoms with Crippen molar-refractivity contribution in [3.8, 4) is 0 Å². The molecule has 0 aromatic heterocycles. The van der Waals surface area contributed by atoms with Gasteiger partial charge in [0.05, 0.1) is 42.0 Å². The van der Waals surface area contributed by atoms with E-state index >= 15 is 0 Å². The first-order chi connectivity index (χ1) is 34.1. The number of cyclic esters (lactones) is 1. The average Bonchev–Trinajstić information content (AvgIpc) is 3.33. The Bertz CT molecular complexity index is 1950. The molecule has 418 valence electrons. The second-order valence-corrected chi connectivity index (χ2v) is 22.0. The summed E-state index contributed by atoms with van der Waals surface area (Å²) in [6.07, 6.45) is -10.3. The van der Waals surface area contributed by atoms with Crippen molar-refractivity contribution >= 4 is 35.4 Å². The molecule has 6 N–H and O–H groups in total. The van der Waals surface area contributed by atoms with Crippen molar-refractivity contribution in [3.05, 3.63) is 34.9 Å². The average molecular weight is 1060 g/mol. The molecule has 20 heteroatoms. The summed E-state index contributed by atoms with van der Waals surface area (Å²) in [6.45, 7) is 17.2. The van der Waals surface area contributed by atoms with E-state index < -0.39 is 114 Å². The van der Waals surface area contributed by atoms with Crippen LogP contribution in [0.25, 0.3) is 0 Å². The number of Topliss-reactive ketones (excluding diaryl/α,β-unsaturated/α-hetero) is 1. The van der Waals surface area contributed by atoms with Crippen molar-refractivity contribution in [3.63, 3.8) is 0 Å². The molecule has 3 aliphatic rings. The van der Waals surface area contributed by atoms with Crippen LogP contribution in [0.1, 0.15) is 126 Å². The van der Waals surface area contributed by atoms with Gasteiger partial charge in [0, 0.05) is 62.4 Å². The molecular formula is C53H88ClN3O16. The standard InChI is InChI=1S/C53H88ClN3O16/c1-15-38-53(10,65)45(62)31(4)42(60)29(2)27-51(8,66-13)46(72-49-43(61)37(57(11)12)26-30(3)68-49)32(5)44(33(6)48(63)70-38)71-41-28-52(9,67-14)47(34(7)69-41)73-50(64)56-40(59)23-19-18-22-39(58)55-25-24-35-20-16-17-21-36(35)54/h16-17,20-21,29-34,37-38,40-41,43-47,49,59,61-62,65H,15,18-19,22-28H2,1-14H3,(H,55,58)(H,56,64)/t29-,30-,31+,32+,33-,34+,37+,38-,40?,41+,43-,44+,45-,46-,47+,49+,51+,52-,53-/m1/s1. The van der Waals surface area contributed by atoms with Gasteiger partial charge in [0.1, 0.15) is 35.4 Å². The number of benzene rings is 1. The molecule has 2 amide bonds. The Balaban J connectivity index is 1.57. The van der Waals surface area contributed by atoms with E-state index in [-0.39, 0.29) is 55.9 Å². The summed E-state index contributed by atoms with van der Waals surface area (Å²) >= 11 is 6.21. The summed E-state index contributed by atoms with van der Waals surface area (Å²) in [5.74, 6) is -5.04. The molecule has 3 aliphatic heterocycles. The third-order valence-corrected chi connectivity index (χ3v) is 15.9. The molecule has 0 bridgehead atoms. The summed E-state index contributed by atoms with van der Waals surface area (Å²) in [7, 11) is 6.65. The lowest BCUT2D eigenvalue weighted by molar-refractivity contribution is -0.319. The molecule has 1 aromatic carbocycles. The minimum absolute atomic E-state index is 0.0265. The van der Waals surface area contributed by atoms with Gasteiger partial charge in [-0.1, -0.05) is 57.5 Å². The van der Waals surface area contributed by atoms with E-state index in [1.165, 1.54) is 28.1 Å². The number of aliphatic hydroxyl groups is 4. The second-order valence-electron chi connectivity index (χ2n) is 21.6. The van der Waals surface area contributed by atoms with Gasteiger partial charge in [-0.2, -0.15) is 0 Å². The summed E-state index contributed by atoms with van der Waals surface area (Å²) in [4.78, 5) is 56.4. The Kier molecular flexibility index (Phi) is 23.4. The van der Waals surface area contributed by atoms with Crippen LogP contribution < -0.4 is 10.6 Å². The number of hydrogen-bond donors (Lipinski definition) is 6. The first-order valence-corrected chi connectivity index (χ1v) is 26.4. The van der Waals surface area contributed by atoms with E-state index in [9.17, 15) is 39.6 Å². The zero-order valence-corrected chi connectivity index (χ0v) is 46.4. The Morgan fingerprint density at radius 2 is 1.56 bits per heavy atom. The van der Waals surface area contributed by atoms with Crippen LogP contribution in [0.2, 0.25) is 5.02 Å². The molecule has 0 spiro atoms. The number of alkyl carbamates (subject to hydrolysis) is 1. The van der Waals surface area contributed by atoms with Crippen LogP contribution in [-0.4, -0.2) is 174 Å². The van der Waals surface area contributed by atoms with Gasteiger partial charge in [0.15, 0.2) is 18.7 Å². The van der Waals surface area contributed by atoms with Gasteiger partial charge in [0.25, 0.3) is 0 Å². The predicted octanol–water partition coefficient (Wildman–Crippen LogP) is 5.06. The maximum Gasteiger partial charge on any atom is 0.409 e. The Morgan fingerprint density at radius 3 is 2.18 bits per heavy atom. The van der Waals surface area contributed by atoms with E-state index in [1.807, 2.05) is 44.1 Å². The first kappa shape index (κ1) is 62.5. The fraction of sp³-hybridized carbons (Fsp3) is 0.811. The van der Waals surface area contributed by atoms with Gasteiger partial charge in [-0.05, 0) is 112 Å². The number of amides is 2. The largest absolute Gasteiger partial charge is 0.459 e. The van der Waals surface area contributed by atoms with Crippen molar-refractivity contribution in [1.82, 2.24) is 15.5 Å².